The molecule has 0 atom stereocenters. The third kappa shape index (κ3) is 3.89. The zero-order valence-electron chi connectivity index (χ0n) is 14.0. The van der Waals surface area contributed by atoms with Gasteiger partial charge in [0.2, 0.25) is 10.0 Å². The van der Waals surface area contributed by atoms with E-state index in [1.165, 1.54) is 12.1 Å². The number of hydrogen-bond donors (Lipinski definition) is 3. The Balaban J connectivity index is 1.67. The van der Waals surface area contributed by atoms with Gasteiger partial charge in [-0.25, -0.2) is 13.6 Å². The van der Waals surface area contributed by atoms with E-state index in [9.17, 15) is 18.7 Å². The summed E-state index contributed by atoms with van der Waals surface area (Å²) in [5.74, 6) is 0.605. The number of primary sulfonamides is 1. The van der Waals surface area contributed by atoms with E-state index in [2.05, 4.69) is 10.1 Å². The number of phenols is 1. The molecule has 0 saturated carbocycles. The lowest BCUT2D eigenvalue weighted by Gasteiger charge is -2.37. The van der Waals surface area contributed by atoms with E-state index in [-0.39, 0.29) is 10.6 Å². The molecular formula is C17H20N4O4S. The number of aromatic hydroxyl groups is 1. The molecule has 0 aromatic heterocycles. The number of rotatable bonds is 3. The normalized spacial score (nSPS) is 16.0. The molecule has 0 bridgehead atoms. The van der Waals surface area contributed by atoms with Crippen molar-refractivity contribution < 1.29 is 18.7 Å². The van der Waals surface area contributed by atoms with Gasteiger partial charge in [-0.15, -0.1) is 0 Å². The number of sulfonamides is 1. The van der Waals surface area contributed by atoms with Gasteiger partial charge in [0.15, 0.2) is 5.84 Å². The average Bonchev–Trinajstić information content (AvgIpc) is 2.64. The summed E-state index contributed by atoms with van der Waals surface area (Å²) in [5.41, 5.74) is 1.63. The second-order valence-corrected chi connectivity index (χ2v) is 7.54. The molecule has 1 heterocycles. The van der Waals surface area contributed by atoms with Crippen LogP contribution in [-0.4, -0.2) is 55.6 Å². The van der Waals surface area contributed by atoms with Crippen molar-refractivity contribution in [1.29, 1.82) is 0 Å². The fourth-order valence-electron chi connectivity index (χ4n) is 2.94. The number of benzene rings is 2. The minimum absolute atomic E-state index is 0.0851. The maximum absolute atomic E-state index is 11.3. The number of hydrogen-bond acceptors (Lipinski definition) is 6. The third-order valence-corrected chi connectivity index (χ3v) is 5.26. The first-order chi connectivity index (χ1) is 12.4. The molecule has 1 aliphatic heterocycles. The molecule has 4 N–H and O–H groups in total. The number of nitrogens with two attached hydrogens (primary N) is 1. The van der Waals surface area contributed by atoms with Gasteiger partial charge in [-0.05, 0) is 48.5 Å². The lowest BCUT2D eigenvalue weighted by atomic mass is 10.1. The van der Waals surface area contributed by atoms with Gasteiger partial charge >= 0.3 is 0 Å². The van der Waals surface area contributed by atoms with E-state index >= 15 is 0 Å². The summed E-state index contributed by atoms with van der Waals surface area (Å²) in [4.78, 5) is 4.17. The Morgan fingerprint density at radius 1 is 0.962 bits per heavy atom. The van der Waals surface area contributed by atoms with E-state index in [1.807, 2.05) is 4.90 Å². The monoisotopic (exact) mass is 376 g/mol. The van der Waals surface area contributed by atoms with Crippen molar-refractivity contribution in [2.45, 2.75) is 4.90 Å². The third-order valence-electron chi connectivity index (χ3n) is 4.33. The fourth-order valence-corrected chi connectivity index (χ4v) is 3.45. The van der Waals surface area contributed by atoms with Gasteiger partial charge < -0.3 is 20.1 Å². The summed E-state index contributed by atoms with van der Waals surface area (Å²) in [6.07, 6.45) is 0. The van der Waals surface area contributed by atoms with Crippen LogP contribution >= 0.6 is 0 Å². The molecule has 8 nitrogen and oxygen atoms in total. The van der Waals surface area contributed by atoms with Crippen molar-refractivity contribution in [3.05, 3.63) is 54.1 Å². The summed E-state index contributed by atoms with van der Waals surface area (Å²) >= 11 is 0. The first-order valence-corrected chi connectivity index (χ1v) is 9.57. The first-order valence-electron chi connectivity index (χ1n) is 8.03. The molecule has 2 aromatic rings. The van der Waals surface area contributed by atoms with Crippen LogP contribution in [0.15, 0.2) is 58.6 Å². The van der Waals surface area contributed by atoms with Gasteiger partial charge in [0.1, 0.15) is 5.75 Å². The zero-order valence-corrected chi connectivity index (χ0v) is 14.8. The van der Waals surface area contributed by atoms with Crippen LogP contribution in [-0.2, 0) is 10.0 Å². The van der Waals surface area contributed by atoms with Crippen LogP contribution in [0, 0.1) is 0 Å². The summed E-state index contributed by atoms with van der Waals surface area (Å²) in [6.45, 7) is 2.64. The molecular weight excluding hydrogens is 356 g/mol. The van der Waals surface area contributed by atoms with Gasteiger partial charge in [0.25, 0.3) is 0 Å². The van der Waals surface area contributed by atoms with Gasteiger partial charge in [0, 0.05) is 37.4 Å². The molecule has 0 amide bonds. The van der Waals surface area contributed by atoms with Crippen LogP contribution in [0.2, 0.25) is 0 Å². The molecule has 1 saturated heterocycles. The molecule has 3 rings (SSSR count). The molecule has 2 aromatic carbocycles. The Bertz CT molecular complexity index is 887. The highest BCUT2D eigenvalue weighted by atomic mass is 32.2. The van der Waals surface area contributed by atoms with E-state index in [0.717, 1.165) is 11.3 Å². The molecule has 0 aliphatic carbocycles. The number of phenolic OH excluding ortho intramolecular Hbond substituents is 1. The smallest absolute Gasteiger partial charge is 0.238 e. The first kappa shape index (κ1) is 18.0. The van der Waals surface area contributed by atoms with Gasteiger partial charge in [-0.2, -0.15) is 0 Å². The molecule has 26 heavy (non-hydrogen) atoms. The number of piperazine rings is 1. The Kier molecular flexibility index (Phi) is 5.01. The largest absolute Gasteiger partial charge is 0.508 e. The predicted octanol–water partition coefficient (Wildman–Crippen LogP) is 0.998. The van der Waals surface area contributed by atoms with Crippen LogP contribution in [0.5, 0.6) is 5.75 Å². The lowest BCUT2D eigenvalue weighted by molar-refractivity contribution is 0.296. The summed E-state index contributed by atoms with van der Waals surface area (Å²) < 4.78 is 22.7. The van der Waals surface area contributed by atoms with Crippen molar-refractivity contribution in [3.8, 4) is 5.75 Å². The minimum atomic E-state index is -3.70. The maximum Gasteiger partial charge on any atom is 0.238 e. The number of amidine groups is 1. The Morgan fingerprint density at radius 2 is 1.54 bits per heavy atom. The molecule has 138 valence electrons. The van der Waals surface area contributed by atoms with E-state index in [1.54, 1.807) is 36.4 Å². The number of oxime groups is 1. The van der Waals surface area contributed by atoms with Crippen LogP contribution in [0.3, 0.4) is 0 Å². The van der Waals surface area contributed by atoms with Gasteiger partial charge in [-0.1, -0.05) is 5.16 Å². The van der Waals surface area contributed by atoms with Crippen LogP contribution < -0.4 is 10.0 Å². The molecule has 0 radical (unpaired) electrons. The highest BCUT2D eigenvalue weighted by Crippen LogP contribution is 2.20. The highest BCUT2D eigenvalue weighted by Gasteiger charge is 2.22. The molecule has 1 aliphatic rings. The second kappa shape index (κ2) is 7.22. The van der Waals surface area contributed by atoms with Crippen molar-refractivity contribution in [1.82, 2.24) is 4.90 Å². The quantitative estimate of drug-likeness (QED) is 0.318. The molecule has 9 heteroatoms. The van der Waals surface area contributed by atoms with Crippen molar-refractivity contribution in [3.63, 3.8) is 0 Å². The van der Waals surface area contributed by atoms with Crippen molar-refractivity contribution in [2.24, 2.45) is 10.3 Å². The summed E-state index contributed by atoms with van der Waals surface area (Å²) in [6, 6.07) is 12.9. The molecule has 0 spiro atoms. The summed E-state index contributed by atoms with van der Waals surface area (Å²) in [5, 5.41) is 27.3. The minimum Gasteiger partial charge on any atom is -0.508 e. The molecule has 1 fully saturated rings. The van der Waals surface area contributed by atoms with E-state index < -0.39 is 10.0 Å². The van der Waals surface area contributed by atoms with Crippen molar-refractivity contribution >= 4 is 21.5 Å². The highest BCUT2D eigenvalue weighted by molar-refractivity contribution is 7.89. The van der Waals surface area contributed by atoms with Gasteiger partial charge in [0.05, 0.1) is 4.90 Å². The van der Waals surface area contributed by atoms with Crippen LogP contribution in [0.1, 0.15) is 5.56 Å². The topological polar surface area (TPSA) is 119 Å². The van der Waals surface area contributed by atoms with Crippen molar-refractivity contribution in [2.75, 3.05) is 31.1 Å². The molecule has 0 unspecified atom stereocenters. The van der Waals surface area contributed by atoms with Gasteiger partial charge in [-0.3, -0.25) is 0 Å². The van der Waals surface area contributed by atoms with Crippen LogP contribution in [0.4, 0.5) is 5.69 Å². The average molecular weight is 376 g/mol. The number of anilines is 1. The predicted molar refractivity (Wildman–Crippen MR) is 98.0 cm³/mol. The Labute approximate surface area is 151 Å². The van der Waals surface area contributed by atoms with Crippen LogP contribution in [0.25, 0.3) is 0 Å². The van der Waals surface area contributed by atoms with E-state index in [4.69, 9.17) is 5.14 Å². The summed E-state index contributed by atoms with van der Waals surface area (Å²) in [7, 11) is -3.70. The Hall–Kier alpha value is -2.78. The maximum atomic E-state index is 11.3. The fraction of sp³-hybridized carbons (Fsp3) is 0.235. The zero-order chi connectivity index (χ0) is 18.7. The standard InChI is InChI=1S/C17H20N4O4S/c18-26(24,25)16-7-3-14(4-8-16)20-9-11-21(12-10-20)17(19-23)13-1-5-15(22)6-2-13/h1-8,22-23H,9-12H2,(H2,18,24,25)/b19-17+. The SMILES string of the molecule is NS(=O)(=O)c1ccc(N2CCN(/C(=N/O)c3ccc(O)cc3)CC2)cc1. The van der Waals surface area contributed by atoms with E-state index in [0.29, 0.717) is 32.0 Å². The lowest BCUT2D eigenvalue weighted by Crippen LogP contribution is -2.49. The second-order valence-electron chi connectivity index (χ2n) is 5.98. The number of nitrogens with zero attached hydrogens (tertiary/aromatic N) is 3. The Morgan fingerprint density at radius 3 is 2.04 bits per heavy atom.